The molecule has 0 radical (unpaired) electrons. The number of rotatable bonds is 1. The molecule has 4 heteroatoms. The molecule has 1 rings (SSSR count). The van der Waals surface area contributed by atoms with Gasteiger partial charge in [-0.15, -0.1) is 0 Å². The highest BCUT2D eigenvalue weighted by Gasteiger charge is 2.09. The van der Waals surface area contributed by atoms with E-state index in [-0.39, 0.29) is 5.56 Å². The van der Waals surface area contributed by atoms with Crippen LogP contribution >= 0.6 is 0 Å². The van der Waals surface area contributed by atoms with Crippen LogP contribution < -0.4 is 0 Å². The molecule has 0 atom stereocenters. The van der Waals surface area contributed by atoms with E-state index in [0.29, 0.717) is 6.07 Å². The third-order valence-corrected chi connectivity index (χ3v) is 1.39. The summed E-state index contributed by atoms with van der Waals surface area (Å²) in [5.74, 6) is -1.90. The minimum absolute atomic E-state index is 0.255. The van der Waals surface area contributed by atoms with Crippen LogP contribution in [0.3, 0.4) is 0 Å². The normalized spacial score (nSPS) is 9.50. The molecule has 0 aliphatic rings. The van der Waals surface area contributed by atoms with Gasteiger partial charge in [-0.2, -0.15) is 5.26 Å². The summed E-state index contributed by atoms with van der Waals surface area (Å²) in [7, 11) is 0. The minimum atomic E-state index is -1.04. The summed E-state index contributed by atoms with van der Waals surface area (Å²) in [4.78, 5) is 0. The molecule has 1 nitrogen and oxygen atoms in total. The molecule has 0 aliphatic carbocycles. The van der Waals surface area contributed by atoms with Crippen molar-refractivity contribution in [1.29, 1.82) is 5.26 Å². The molecule has 0 fully saturated rings. The predicted molar refractivity (Wildman–Crippen MR) is 35.9 cm³/mol. The highest BCUT2D eigenvalue weighted by atomic mass is 19.1. The van der Waals surface area contributed by atoms with Crippen molar-refractivity contribution < 1.29 is 13.2 Å². The number of alkyl halides is 1. The molecular formula is C8H4F3N. The molecule has 62 valence electrons. The van der Waals surface area contributed by atoms with E-state index in [0.717, 1.165) is 6.07 Å². The molecule has 0 amide bonds. The van der Waals surface area contributed by atoms with Crippen molar-refractivity contribution in [3.8, 4) is 6.07 Å². The van der Waals surface area contributed by atoms with Crippen LogP contribution in [0.4, 0.5) is 13.2 Å². The maximum absolute atomic E-state index is 12.7. The first-order chi connectivity index (χ1) is 5.69. The second kappa shape index (κ2) is 3.26. The Morgan fingerprint density at radius 1 is 1.33 bits per heavy atom. The zero-order valence-corrected chi connectivity index (χ0v) is 5.94. The summed E-state index contributed by atoms with van der Waals surface area (Å²) >= 11 is 0. The lowest BCUT2D eigenvalue weighted by Crippen LogP contribution is -1.93. The predicted octanol–water partition coefficient (Wildman–Crippen LogP) is 2.31. The Morgan fingerprint density at radius 3 is 2.50 bits per heavy atom. The molecule has 0 saturated carbocycles. The smallest absolute Gasteiger partial charge is 0.144 e. The van der Waals surface area contributed by atoms with Crippen molar-refractivity contribution in [2.45, 2.75) is 6.67 Å². The molecule has 0 spiro atoms. The van der Waals surface area contributed by atoms with Crippen molar-refractivity contribution in [1.82, 2.24) is 0 Å². The zero-order chi connectivity index (χ0) is 9.14. The topological polar surface area (TPSA) is 23.8 Å². The van der Waals surface area contributed by atoms with Crippen LogP contribution in [-0.2, 0) is 6.67 Å². The lowest BCUT2D eigenvalue weighted by Gasteiger charge is -1.99. The minimum Gasteiger partial charge on any atom is -0.246 e. The van der Waals surface area contributed by atoms with Crippen LogP contribution in [0.1, 0.15) is 11.1 Å². The van der Waals surface area contributed by atoms with Gasteiger partial charge in [0.15, 0.2) is 0 Å². The number of hydrogen-bond donors (Lipinski definition) is 0. The van der Waals surface area contributed by atoms with Crippen LogP contribution in [0.15, 0.2) is 12.1 Å². The summed E-state index contributed by atoms with van der Waals surface area (Å²) in [6, 6.07) is 2.82. The third kappa shape index (κ3) is 1.40. The molecule has 12 heavy (non-hydrogen) atoms. The third-order valence-electron chi connectivity index (χ3n) is 1.39. The molecule has 1 aromatic carbocycles. The van der Waals surface area contributed by atoms with Gasteiger partial charge in [0.1, 0.15) is 24.4 Å². The van der Waals surface area contributed by atoms with Gasteiger partial charge >= 0.3 is 0 Å². The van der Waals surface area contributed by atoms with Crippen LogP contribution in [0.5, 0.6) is 0 Å². The lowest BCUT2D eigenvalue weighted by molar-refractivity contribution is 0.476. The molecule has 1 aromatic rings. The van der Waals surface area contributed by atoms with Crippen molar-refractivity contribution in [3.05, 3.63) is 34.9 Å². The summed E-state index contributed by atoms with van der Waals surface area (Å²) in [5, 5.41) is 8.34. The fourth-order valence-corrected chi connectivity index (χ4v) is 0.857. The van der Waals surface area contributed by atoms with Crippen molar-refractivity contribution in [2.75, 3.05) is 0 Å². The van der Waals surface area contributed by atoms with Gasteiger partial charge in [0.25, 0.3) is 0 Å². The van der Waals surface area contributed by atoms with Gasteiger partial charge in [-0.3, -0.25) is 0 Å². The SMILES string of the molecule is N#Cc1c(F)cc(F)cc1CF. The van der Waals surface area contributed by atoms with Gasteiger partial charge in [0.05, 0.1) is 5.56 Å². The first kappa shape index (κ1) is 8.60. The number of halogens is 3. The summed E-state index contributed by atoms with van der Waals surface area (Å²) < 4.78 is 37.1. The summed E-state index contributed by atoms with van der Waals surface area (Å²) in [6.45, 7) is -1.04. The molecule has 0 N–H and O–H groups in total. The van der Waals surface area contributed by atoms with E-state index in [4.69, 9.17) is 5.26 Å². The van der Waals surface area contributed by atoms with Gasteiger partial charge in [-0.25, -0.2) is 13.2 Å². The first-order valence-corrected chi connectivity index (χ1v) is 3.13. The Bertz CT molecular complexity index is 341. The first-order valence-electron chi connectivity index (χ1n) is 3.13. The highest BCUT2D eigenvalue weighted by molar-refractivity contribution is 5.38. The maximum Gasteiger partial charge on any atom is 0.144 e. The van der Waals surface area contributed by atoms with Crippen molar-refractivity contribution in [3.63, 3.8) is 0 Å². The Balaban J connectivity index is 3.36. The van der Waals surface area contributed by atoms with E-state index in [1.807, 2.05) is 0 Å². The van der Waals surface area contributed by atoms with Gasteiger partial charge in [0, 0.05) is 11.6 Å². The molecule has 0 bridgehead atoms. The van der Waals surface area contributed by atoms with Gasteiger partial charge in [-0.1, -0.05) is 0 Å². The average molecular weight is 171 g/mol. The van der Waals surface area contributed by atoms with Gasteiger partial charge < -0.3 is 0 Å². The number of hydrogen-bond acceptors (Lipinski definition) is 1. The Kier molecular flexibility index (Phi) is 2.34. The van der Waals surface area contributed by atoms with Crippen LogP contribution in [0.2, 0.25) is 0 Å². The highest BCUT2D eigenvalue weighted by Crippen LogP contribution is 2.15. The molecule has 0 aromatic heterocycles. The van der Waals surface area contributed by atoms with E-state index < -0.39 is 23.9 Å². The monoisotopic (exact) mass is 171 g/mol. The molecule has 0 unspecified atom stereocenters. The largest absolute Gasteiger partial charge is 0.246 e. The Morgan fingerprint density at radius 2 is 2.00 bits per heavy atom. The van der Waals surface area contributed by atoms with E-state index in [2.05, 4.69) is 0 Å². The van der Waals surface area contributed by atoms with Crippen LogP contribution in [-0.4, -0.2) is 0 Å². The van der Waals surface area contributed by atoms with E-state index in [1.54, 1.807) is 0 Å². The number of nitrogens with zero attached hydrogens (tertiary/aromatic N) is 1. The van der Waals surface area contributed by atoms with Crippen molar-refractivity contribution in [2.24, 2.45) is 0 Å². The zero-order valence-electron chi connectivity index (χ0n) is 5.94. The summed E-state index contributed by atoms with van der Waals surface area (Å²) in [6.07, 6.45) is 0. The lowest BCUT2D eigenvalue weighted by atomic mass is 10.1. The number of nitriles is 1. The van der Waals surface area contributed by atoms with E-state index in [1.165, 1.54) is 6.07 Å². The number of benzene rings is 1. The van der Waals surface area contributed by atoms with E-state index in [9.17, 15) is 13.2 Å². The fourth-order valence-electron chi connectivity index (χ4n) is 0.857. The standard InChI is InChI=1S/C8H4F3N/c9-3-5-1-6(10)2-8(11)7(5)4-12/h1-2H,3H2. The second-order valence-corrected chi connectivity index (χ2v) is 2.17. The quantitative estimate of drug-likeness (QED) is 0.636. The molecule has 0 heterocycles. The molecule has 0 aliphatic heterocycles. The Labute approximate surface area is 67.1 Å². The van der Waals surface area contributed by atoms with E-state index >= 15 is 0 Å². The maximum atomic E-state index is 12.7. The van der Waals surface area contributed by atoms with Gasteiger partial charge in [0.2, 0.25) is 0 Å². The average Bonchev–Trinajstić information content (AvgIpc) is 2.03. The van der Waals surface area contributed by atoms with Crippen LogP contribution in [0.25, 0.3) is 0 Å². The molecular weight excluding hydrogens is 167 g/mol. The van der Waals surface area contributed by atoms with Crippen molar-refractivity contribution >= 4 is 0 Å². The second-order valence-electron chi connectivity index (χ2n) is 2.17. The summed E-state index contributed by atoms with van der Waals surface area (Å²) in [5.41, 5.74) is -0.686. The van der Waals surface area contributed by atoms with Gasteiger partial charge in [-0.05, 0) is 6.07 Å². The fraction of sp³-hybridized carbons (Fsp3) is 0.125. The Hall–Kier alpha value is -1.50. The molecule has 0 saturated heterocycles. The van der Waals surface area contributed by atoms with Crippen LogP contribution in [0, 0.1) is 23.0 Å².